The van der Waals surface area contributed by atoms with Gasteiger partial charge in [-0.3, -0.25) is 4.79 Å². The van der Waals surface area contributed by atoms with Crippen LogP contribution in [-0.2, 0) is 11.3 Å². The number of nitrogens with zero attached hydrogens (tertiary/aromatic N) is 4. The minimum absolute atomic E-state index is 0.0583. The number of piperidine rings is 1. The van der Waals surface area contributed by atoms with Crippen molar-refractivity contribution in [2.75, 3.05) is 26.2 Å². The van der Waals surface area contributed by atoms with E-state index in [4.69, 9.17) is 4.74 Å². The molecule has 2 aliphatic rings. The van der Waals surface area contributed by atoms with Crippen molar-refractivity contribution >= 4 is 5.91 Å². The molecule has 1 aromatic heterocycles. The number of rotatable bonds is 6. The van der Waals surface area contributed by atoms with Crippen molar-refractivity contribution in [1.82, 2.24) is 25.2 Å². The fourth-order valence-corrected chi connectivity index (χ4v) is 4.14. The van der Waals surface area contributed by atoms with Crippen LogP contribution in [0.15, 0.2) is 30.3 Å². The molecule has 2 fully saturated rings. The predicted molar refractivity (Wildman–Crippen MR) is 106 cm³/mol. The van der Waals surface area contributed by atoms with Crippen molar-refractivity contribution in [3.8, 4) is 0 Å². The molecule has 0 spiro atoms. The van der Waals surface area contributed by atoms with Crippen LogP contribution < -0.4 is 5.32 Å². The molecule has 150 valence electrons. The monoisotopic (exact) mass is 383 g/mol. The fraction of sp³-hybridized carbons (Fsp3) is 0.571. The highest BCUT2D eigenvalue weighted by atomic mass is 16.5. The number of carbonyl (C=O) groups is 1. The highest BCUT2D eigenvalue weighted by Gasteiger charge is 2.28. The van der Waals surface area contributed by atoms with Crippen molar-refractivity contribution in [1.29, 1.82) is 0 Å². The van der Waals surface area contributed by atoms with E-state index in [0.29, 0.717) is 24.8 Å². The van der Waals surface area contributed by atoms with Crippen molar-refractivity contribution in [2.45, 2.75) is 51.3 Å². The molecular weight excluding hydrogens is 354 g/mol. The van der Waals surface area contributed by atoms with Gasteiger partial charge in [0.15, 0.2) is 5.69 Å². The van der Waals surface area contributed by atoms with E-state index in [1.54, 1.807) is 0 Å². The van der Waals surface area contributed by atoms with Gasteiger partial charge in [-0.15, -0.1) is 5.10 Å². The SMILES string of the molecule is Cc1c(C(=O)N(Cc2ccccc2)CC2CCCO2)nnn1C1CCNCC1. The summed E-state index contributed by atoms with van der Waals surface area (Å²) in [7, 11) is 0. The minimum atomic E-state index is -0.0583. The summed E-state index contributed by atoms with van der Waals surface area (Å²) in [6.45, 7) is 5.84. The molecule has 1 unspecified atom stereocenters. The molecule has 2 aromatic rings. The van der Waals surface area contributed by atoms with E-state index in [0.717, 1.165) is 56.6 Å². The Balaban J connectivity index is 1.54. The third kappa shape index (κ3) is 4.25. The summed E-state index contributed by atoms with van der Waals surface area (Å²) in [5, 5.41) is 12.0. The molecular formula is C21H29N5O2. The zero-order chi connectivity index (χ0) is 19.3. The van der Waals surface area contributed by atoms with Gasteiger partial charge in [0, 0.05) is 19.7 Å². The second kappa shape index (κ2) is 8.84. The topological polar surface area (TPSA) is 72.3 Å². The normalized spacial score (nSPS) is 20.4. The van der Waals surface area contributed by atoms with Crippen molar-refractivity contribution in [3.05, 3.63) is 47.3 Å². The van der Waals surface area contributed by atoms with Crippen LogP contribution in [0.4, 0.5) is 0 Å². The Morgan fingerprint density at radius 3 is 2.75 bits per heavy atom. The largest absolute Gasteiger partial charge is 0.376 e. The van der Waals surface area contributed by atoms with Gasteiger partial charge in [-0.05, 0) is 51.3 Å². The molecule has 0 aliphatic carbocycles. The first kappa shape index (κ1) is 19.1. The Morgan fingerprint density at radius 2 is 2.04 bits per heavy atom. The van der Waals surface area contributed by atoms with Gasteiger partial charge < -0.3 is 15.0 Å². The van der Waals surface area contributed by atoms with Gasteiger partial charge in [-0.25, -0.2) is 4.68 Å². The second-order valence-corrected chi connectivity index (χ2v) is 7.76. The molecule has 28 heavy (non-hydrogen) atoms. The van der Waals surface area contributed by atoms with Gasteiger partial charge in [0.25, 0.3) is 5.91 Å². The molecule has 7 heteroatoms. The van der Waals surface area contributed by atoms with E-state index in [-0.39, 0.29) is 12.0 Å². The quantitative estimate of drug-likeness (QED) is 0.829. The smallest absolute Gasteiger partial charge is 0.276 e. The zero-order valence-electron chi connectivity index (χ0n) is 16.5. The van der Waals surface area contributed by atoms with Crippen LogP contribution in [0.25, 0.3) is 0 Å². The number of aromatic nitrogens is 3. The molecule has 0 bridgehead atoms. The van der Waals surface area contributed by atoms with Gasteiger partial charge in [0.1, 0.15) is 0 Å². The lowest BCUT2D eigenvalue weighted by molar-refractivity contribution is 0.0502. The Bertz CT molecular complexity index is 779. The number of ether oxygens (including phenoxy) is 1. The Labute approximate surface area is 166 Å². The van der Waals surface area contributed by atoms with Crippen LogP contribution in [0, 0.1) is 6.92 Å². The van der Waals surface area contributed by atoms with Gasteiger partial charge in [-0.2, -0.15) is 0 Å². The van der Waals surface area contributed by atoms with Crippen LogP contribution in [0.3, 0.4) is 0 Å². The molecule has 2 saturated heterocycles. The zero-order valence-corrected chi connectivity index (χ0v) is 16.5. The van der Waals surface area contributed by atoms with Crippen molar-refractivity contribution < 1.29 is 9.53 Å². The molecule has 7 nitrogen and oxygen atoms in total. The summed E-state index contributed by atoms with van der Waals surface area (Å²) in [5.74, 6) is -0.0583. The third-order valence-corrected chi connectivity index (χ3v) is 5.74. The summed E-state index contributed by atoms with van der Waals surface area (Å²) < 4.78 is 7.74. The molecule has 3 heterocycles. The highest BCUT2D eigenvalue weighted by Crippen LogP contribution is 2.22. The summed E-state index contributed by atoms with van der Waals surface area (Å²) in [6, 6.07) is 10.4. The summed E-state index contributed by atoms with van der Waals surface area (Å²) in [6.07, 6.45) is 4.19. The summed E-state index contributed by atoms with van der Waals surface area (Å²) in [4.78, 5) is 15.3. The fourth-order valence-electron chi connectivity index (χ4n) is 4.14. The minimum Gasteiger partial charge on any atom is -0.376 e. The average molecular weight is 383 g/mol. The Hall–Kier alpha value is -2.25. The maximum absolute atomic E-state index is 13.4. The maximum Gasteiger partial charge on any atom is 0.276 e. The number of hydrogen-bond acceptors (Lipinski definition) is 5. The number of amides is 1. The summed E-state index contributed by atoms with van der Waals surface area (Å²) >= 11 is 0. The molecule has 1 atom stereocenters. The van der Waals surface area contributed by atoms with E-state index in [1.165, 1.54) is 0 Å². The molecule has 1 aromatic carbocycles. The van der Waals surface area contributed by atoms with Gasteiger partial charge >= 0.3 is 0 Å². The number of nitrogens with one attached hydrogen (secondary N) is 1. The number of hydrogen-bond donors (Lipinski definition) is 1. The first-order valence-corrected chi connectivity index (χ1v) is 10.3. The Kier molecular flexibility index (Phi) is 6.02. The molecule has 2 aliphatic heterocycles. The first-order chi connectivity index (χ1) is 13.7. The van der Waals surface area contributed by atoms with E-state index in [2.05, 4.69) is 27.8 Å². The van der Waals surface area contributed by atoms with Crippen molar-refractivity contribution in [2.24, 2.45) is 0 Å². The number of carbonyl (C=O) groups excluding carboxylic acids is 1. The van der Waals surface area contributed by atoms with E-state index in [9.17, 15) is 4.79 Å². The lowest BCUT2D eigenvalue weighted by atomic mass is 10.1. The second-order valence-electron chi connectivity index (χ2n) is 7.76. The van der Waals surface area contributed by atoms with E-state index >= 15 is 0 Å². The van der Waals surface area contributed by atoms with Crippen LogP contribution in [-0.4, -0.2) is 58.1 Å². The number of benzene rings is 1. The lowest BCUT2D eigenvalue weighted by Crippen LogP contribution is -2.37. The van der Waals surface area contributed by atoms with Crippen molar-refractivity contribution in [3.63, 3.8) is 0 Å². The standard InChI is InChI=1S/C21H29N5O2/c1-16-20(23-24-26(16)18-9-11-22-12-10-18)21(27)25(15-19-8-5-13-28-19)14-17-6-3-2-4-7-17/h2-4,6-7,18-19,22H,5,8-15H2,1H3. The van der Waals surface area contributed by atoms with E-state index in [1.807, 2.05) is 34.7 Å². The van der Waals surface area contributed by atoms with Gasteiger partial charge in [-0.1, -0.05) is 35.5 Å². The van der Waals surface area contributed by atoms with Gasteiger partial charge in [0.05, 0.1) is 17.8 Å². The third-order valence-electron chi connectivity index (χ3n) is 5.74. The van der Waals surface area contributed by atoms with Crippen LogP contribution >= 0.6 is 0 Å². The lowest BCUT2D eigenvalue weighted by Gasteiger charge is -2.26. The highest BCUT2D eigenvalue weighted by molar-refractivity contribution is 5.93. The Morgan fingerprint density at radius 1 is 1.25 bits per heavy atom. The van der Waals surface area contributed by atoms with E-state index < -0.39 is 0 Å². The maximum atomic E-state index is 13.4. The van der Waals surface area contributed by atoms with Crippen LogP contribution in [0.1, 0.15) is 53.5 Å². The first-order valence-electron chi connectivity index (χ1n) is 10.3. The predicted octanol–water partition coefficient (Wildman–Crippen LogP) is 2.33. The van der Waals surface area contributed by atoms with Crippen LogP contribution in [0.2, 0.25) is 0 Å². The molecule has 0 radical (unpaired) electrons. The average Bonchev–Trinajstić information content (AvgIpc) is 3.38. The molecule has 4 rings (SSSR count). The van der Waals surface area contributed by atoms with Crippen LogP contribution in [0.5, 0.6) is 0 Å². The molecule has 1 amide bonds. The molecule has 0 saturated carbocycles. The van der Waals surface area contributed by atoms with Gasteiger partial charge in [0.2, 0.25) is 0 Å². The summed E-state index contributed by atoms with van der Waals surface area (Å²) in [5.41, 5.74) is 2.44. The molecule has 1 N–H and O–H groups in total.